The number of hydrogen-bond donors (Lipinski definition) is 3. The highest BCUT2D eigenvalue weighted by molar-refractivity contribution is 6.06. The Morgan fingerprint density at radius 2 is 1.80 bits per heavy atom. The van der Waals surface area contributed by atoms with Crippen molar-refractivity contribution >= 4 is 35.5 Å². The van der Waals surface area contributed by atoms with E-state index in [4.69, 9.17) is 9.84 Å². The fourth-order valence-electron chi connectivity index (χ4n) is 2.35. The lowest BCUT2D eigenvalue weighted by molar-refractivity contribution is -0.179. The van der Waals surface area contributed by atoms with Gasteiger partial charge >= 0.3 is 23.9 Å². The predicted octanol–water partition coefficient (Wildman–Crippen LogP) is 0.0253. The van der Waals surface area contributed by atoms with Crippen LogP contribution in [0.15, 0.2) is 24.3 Å². The average molecular weight is 351 g/mol. The number of anilines is 1. The highest BCUT2D eigenvalue weighted by atomic mass is 16.6. The summed E-state index contributed by atoms with van der Waals surface area (Å²) in [5, 5.41) is 20.3. The molecule has 2 rings (SSSR count). The summed E-state index contributed by atoms with van der Waals surface area (Å²) in [4.78, 5) is 57.5. The molecular formula is C15H13NO9. The van der Waals surface area contributed by atoms with Crippen LogP contribution in [0.4, 0.5) is 5.69 Å². The van der Waals surface area contributed by atoms with Gasteiger partial charge in [-0.1, -0.05) is 0 Å². The molecule has 1 fully saturated rings. The van der Waals surface area contributed by atoms with Crippen LogP contribution in [-0.4, -0.2) is 51.7 Å². The highest BCUT2D eigenvalue weighted by Crippen LogP contribution is 2.33. The van der Waals surface area contributed by atoms with Crippen LogP contribution in [0.5, 0.6) is 0 Å². The first kappa shape index (κ1) is 17.9. The Kier molecular flexibility index (Phi) is 4.72. The molecule has 10 heteroatoms. The summed E-state index contributed by atoms with van der Waals surface area (Å²) in [6.07, 6.45) is -2.76. The standard InChI is InChI=1S/C15H13NO9/c1-7(17)25-15(6-10(18)24-11(15)13(21)22)14(23)16-9-4-2-8(3-5-9)12(19)20/h2-5,11H,6H2,1H3,(H,16,23)(H,19,20)(H,21,22). The molecule has 1 aromatic rings. The molecule has 1 amide bonds. The Bertz CT molecular complexity index is 755. The molecule has 0 aromatic heterocycles. The van der Waals surface area contributed by atoms with E-state index in [2.05, 4.69) is 10.1 Å². The molecular weight excluding hydrogens is 338 g/mol. The summed E-state index contributed by atoms with van der Waals surface area (Å²) >= 11 is 0. The van der Waals surface area contributed by atoms with Gasteiger partial charge in [0.25, 0.3) is 5.91 Å². The van der Waals surface area contributed by atoms with Gasteiger partial charge in [-0.25, -0.2) is 9.59 Å². The Hall–Kier alpha value is -3.43. The molecule has 2 unspecified atom stereocenters. The van der Waals surface area contributed by atoms with E-state index in [0.717, 1.165) is 6.92 Å². The number of carbonyl (C=O) groups excluding carboxylic acids is 3. The second kappa shape index (κ2) is 6.59. The van der Waals surface area contributed by atoms with E-state index in [0.29, 0.717) is 0 Å². The molecule has 0 aliphatic carbocycles. The number of benzene rings is 1. The van der Waals surface area contributed by atoms with Crippen LogP contribution in [0.1, 0.15) is 23.7 Å². The van der Waals surface area contributed by atoms with E-state index in [1.165, 1.54) is 24.3 Å². The molecule has 1 aliphatic heterocycles. The number of amides is 1. The quantitative estimate of drug-likeness (QED) is 0.622. The normalized spacial score (nSPS) is 22.0. The SMILES string of the molecule is CC(=O)OC1(C(=O)Nc2ccc(C(=O)O)cc2)CC(=O)OC1C(=O)O. The van der Waals surface area contributed by atoms with Crippen LogP contribution in [0.3, 0.4) is 0 Å². The maximum atomic E-state index is 12.6. The van der Waals surface area contributed by atoms with Crippen molar-refractivity contribution in [2.24, 2.45) is 0 Å². The highest BCUT2D eigenvalue weighted by Gasteiger charge is 2.61. The Morgan fingerprint density at radius 3 is 2.28 bits per heavy atom. The molecule has 0 saturated carbocycles. The van der Waals surface area contributed by atoms with Gasteiger partial charge in [0.1, 0.15) is 0 Å². The number of aromatic carboxylic acids is 1. The van der Waals surface area contributed by atoms with Crippen LogP contribution in [0.2, 0.25) is 0 Å². The minimum Gasteiger partial charge on any atom is -0.478 e. The molecule has 0 spiro atoms. The van der Waals surface area contributed by atoms with Crippen LogP contribution in [0.25, 0.3) is 0 Å². The molecule has 0 radical (unpaired) electrons. The molecule has 1 heterocycles. The molecule has 3 N–H and O–H groups in total. The third-order valence-electron chi connectivity index (χ3n) is 3.40. The van der Waals surface area contributed by atoms with Crippen molar-refractivity contribution in [1.82, 2.24) is 0 Å². The number of aliphatic carboxylic acids is 1. The first-order chi connectivity index (χ1) is 11.7. The van der Waals surface area contributed by atoms with E-state index >= 15 is 0 Å². The number of nitrogens with one attached hydrogen (secondary N) is 1. The summed E-state index contributed by atoms with van der Waals surface area (Å²) in [5.74, 6) is -5.88. The third kappa shape index (κ3) is 3.57. The second-order valence-corrected chi connectivity index (χ2v) is 5.20. The van der Waals surface area contributed by atoms with Crippen molar-refractivity contribution in [3.8, 4) is 0 Å². The zero-order chi connectivity index (χ0) is 18.8. The molecule has 1 aromatic carbocycles. The first-order valence-electron chi connectivity index (χ1n) is 6.92. The van der Waals surface area contributed by atoms with Gasteiger partial charge in [0, 0.05) is 12.6 Å². The number of carboxylic acids is 2. The van der Waals surface area contributed by atoms with Crippen LogP contribution in [0, 0.1) is 0 Å². The number of cyclic esters (lactones) is 1. The molecule has 1 saturated heterocycles. The van der Waals surface area contributed by atoms with Gasteiger partial charge in [0.2, 0.25) is 11.7 Å². The third-order valence-corrected chi connectivity index (χ3v) is 3.40. The number of carbonyl (C=O) groups is 5. The van der Waals surface area contributed by atoms with E-state index < -0.39 is 47.9 Å². The summed E-state index contributed by atoms with van der Waals surface area (Å²) in [6, 6.07) is 4.94. The van der Waals surface area contributed by atoms with Crippen molar-refractivity contribution in [1.29, 1.82) is 0 Å². The summed E-state index contributed by atoms with van der Waals surface area (Å²) in [7, 11) is 0. The van der Waals surface area contributed by atoms with Gasteiger partial charge in [0.15, 0.2) is 0 Å². The molecule has 2 atom stereocenters. The summed E-state index contributed by atoms with van der Waals surface area (Å²) in [6.45, 7) is 0.957. The van der Waals surface area contributed by atoms with Crippen molar-refractivity contribution in [2.75, 3.05) is 5.32 Å². The maximum absolute atomic E-state index is 12.6. The average Bonchev–Trinajstić information content (AvgIpc) is 2.85. The smallest absolute Gasteiger partial charge is 0.349 e. The van der Waals surface area contributed by atoms with Crippen LogP contribution >= 0.6 is 0 Å². The van der Waals surface area contributed by atoms with E-state index in [-0.39, 0.29) is 11.3 Å². The summed E-state index contributed by atoms with van der Waals surface area (Å²) < 4.78 is 9.46. The minimum atomic E-state index is -2.36. The van der Waals surface area contributed by atoms with Gasteiger partial charge in [0.05, 0.1) is 12.0 Å². The monoisotopic (exact) mass is 351 g/mol. The van der Waals surface area contributed by atoms with Crippen molar-refractivity contribution in [3.05, 3.63) is 29.8 Å². The zero-order valence-electron chi connectivity index (χ0n) is 12.8. The van der Waals surface area contributed by atoms with Crippen LogP contribution in [-0.2, 0) is 28.7 Å². The number of ether oxygens (including phenoxy) is 2. The van der Waals surface area contributed by atoms with Gasteiger partial charge in [-0.3, -0.25) is 14.4 Å². The Morgan fingerprint density at radius 1 is 1.20 bits per heavy atom. The minimum absolute atomic E-state index is 0.0320. The van der Waals surface area contributed by atoms with Crippen LogP contribution < -0.4 is 5.32 Å². The van der Waals surface area contributed by atoms with Gasteiger partial charge in [-0.05, 0) is 24.3 Å². The number of hydrogen-bond acceptors (Lipinski definition) is 7. The van der Waals surface area contributed by atoms with Crippen molar-refractivity contribution in [3.63, 3.8) is 0 Å². The van der Waals surface area contributed by atoms with Gasteiger partial charge < -0.3 is 25.0 Å². The molecule has 0 bridgehead atoms. The Labute approximate surface area is 140 Å². The lowest BCUT2D eigenvalue weighted by atomic mass is 9.93. The molecule has 1 aliphatic rings. The van der Waals surface area contributed by atoms with E-state index in [1.807, 2.05) is 0 Å². The number of rotatable bonds is 5. The maximum Gasteiger partial charge on any atom is 0.349 e. The van der Waals surface area contributed by atoms with Crippen molar-refractivity contribution < 1.29 is 43.7 Å². The van der Waals surface area contributed by atoms with E-state index in [1.54, 1.807) is 0 Å². The lowest BCUT2D eigenvalue weighted by Gasteiger charge is -2.28. The molecule has 132 valence electrons. The number of carboxylic acid groups (broad SMARTS) is 2. The van der Waals surface area contributed by atoms with Crippen molar-refractivity contribution in [2.45, 2.75) is 25.0 Å². The zero-order valence-corrected chi connectivity index (χ0v) is 12.8. The predicted molar refractivity (Wildman–Crippen MR) is 78.7 cm³/mol. The first-order valence-corrected chi connectivity index (χ1v) is 6.92. The summed E-state index contributed by atoms with van der Waals surface area (Å²) in [5.41, 5.74) is -2.28. The fraction of sp³-hybridized carbons (Fsp3) is 0.267. The van der Waals surface area contributed by atoms with Gasteiger partial charge in [-0.2, -0.15) is 0 Å². The number of esters is 2. The van der Waals surface area contributed by atoms with Gasteiger partial charge in [-0.15, -0.1) is 0 Å². The Balaban J connectivity index is 2.32. The largest absolute Gasteiger partial charge is 0.478 e. The lowest BCUT2D eigenvalue weighted by Crippen LogP contribution is -2.55. The van der Waals surface area contributed by atoms with E-state index in [9.17, 15) is 29.1 Å². The second-order valence-electron chi connectivity index (χ2n) is 5.20. The molecule has 25 heavy (non-hydrogen) atoms. The molecule has 10 nitrogen and oxygen atoms in total. The topological polar surface area (TPSA) is 156 Å². The fourth-order valence-corrected chi connectivity index (χ4v) is 2.35.